The molecule has 0 radical (unpaired) electrons. The van der Waals surface area contributed by atoms with Crippen molar-refractivity contribution in [3.8, 4) is 11.8 Å². The molecule has 0 fully saturated rings. The van der Waals surface area contributed by atoms with Gasteiger partial charge < -0.3 is 19.9 Å². The SMILES string of the molecule is COC(=O)Cc1cc(OC)nc(OC(F)(F)F)c1CN. The van der Waals surface area contributed by atoms with Crippen LogP contribution < -0.4 is 15.2 Å². The van der Waals surface area contributed by atoms with Crippen LogP contribution in [-0.4, -0.2) is 31.5 Å². The average Bonchev–Trinajstić information content (AvgIpc) is 2.36. The number of aromatic nitrogens is 1. The molecular weight excluding hydrogens is 281 g/mol. The van der Waals surface area contributed by atoms with Crippen molar-refractivity contribution in [1.82, 2.24) is 4.98 Å². The Balaban J connectivity index is 3.27. The lowest BCUT2D eigenvalue weighted by Crippen LogP contribution is -2.21. The van der Waals surface area contributed by atoms with Crippen LogP contribution >= 0.6 is 0 Å². The summed E-state index contributed by atoms with van der Waals surface area (Å²) < 4.78 is 50.0. The lowest BCUT2D eigenvalue weighted by molar-refractivity contribution is -0.276. The summed E-state index contributed by atoms with van der Waals surface area (Å²) in [7, 11) is 2.39. The molecule has 20 heavy (non-hydrogen) atoms. The number of hydrogen-bond acceptors (Lipinski definition) is 6. The van der Waals surface area contributed by atoms with Gasteiger partial charge in [0.25, 0.3) is 0 Å². The molecule has 0 amide bonds. The van der Waals surface area contributed by atoms with Crippen molar-refractivity contribution in [2.45, 2.75) is 19.3 Å². The van der Waals surface area contributed by atoms with E-state index in [4.69, 9.17) is 10.5 Å². The third kappa shape index (κ3) is 4.26. The number of pyridine rings is 1. The van der Waals surface area contributed by atoms with Crippen LogP contribution in [0.5, 0.6) is 11.8 Å². The molecule has 0 bridgehead atoms. The molecule has 6 nitrogen and oxygen atoms in total. The van der Waals surface area contributed by atoms with Crippen molar-refractivity contribution in [3.05, 3.63) is 17.2 Å². The summed E-state index contributed by atoms with van der Waals surface area (Å²) in [6, 6.07) is 1.31. The fourth-order valence-electron chi connectivity index (χ4n) is 1.48. The van der Waals surface area contributed by atoms with Gasteiger partial charge in [0.05, 0.1) is 20.6 Å². The molecule has 0 aliphatic heterocycles. The molecule has 0 saturated heterocycles. The van der Waals surface area contributed by atoms with Gasteiger partial charge in [0.2, 0.25) is 11.8 Å². The quantitative estimate of drug-likeness (QED) is 0.820. The van der Waals surface area contributed by atoms with Gasteiger partial charge in [0, 0.05) is 18.2 Å². The number of nitrogens with two attached hydrogens (primary N) is 1. The maximum absolute atomic E-state index is 12.3. The topological polar surface area (TPSA) is 83.7 Å². The van der Waals surface area contributed by atoms with E-state index in [1.165, 1.54) is 13.2 Å². The van der Waals surface area contributed by atoms with Crippen LogP contribution in [0.2, 0.25) is 0 Å². The first kappa shape index (κ1) is 16.0. The summed E-state index contributed by atoms with van der Waals surface area (Å²) in [5, 5.41) is 0. The van der Waals surface area contributed by atoms with Crippen LogP contribution in [0.15, 0.2) is 6.07 Å². The van der Waals surface area contributed by atoms with E-state index in [9.17, 15) is 18.0 Å². The van der Waals surface area contributed by atoms with Crippen molar-refractivity contribution in [1.29, 1.82) is 0 Å². The second-order valence-corrected chi connectivity index (χ2v) is 3.61. The molecule has 0 atom stereocenters. The van der Waals surface area contributed by atoms with Crippen molar-refractivity contribution in [2.24, 2.45) is 5.73 Å². The largest absolute Gasteiger partial charge is 0.574 e. The highest BCUT2D eigenvalue weighted by molar-refractivity contribution is 5.73. The fraction of sp³-hybridized carbons (Fsp3) is 0.455. The van der Waals surface area contributed by atoms with Gasteiger partial charge in [-0.3, -0.25) is 4.79 Å². The Morgan fingerprint density at radius 1 is 1.40 bits per heavy atom. The highest BCUT2D eigenvalue weighted by Crippen LogP contribution is 2.29. The van der Waals surface area contributed by atoms with Gasteiger partial charge >= 0.3 is 12.3 Å². The molecule has 1 aromatic heterocycles. The number of ether oxygens (including phenoxy) is 3. The summed E-state index contributed by atoms with van der Waals surface area (Å²) in [6.45, 7) is -0.283. The van der Waals surface area contributed by atoms with Gasteiger partial charge in [-0.15, -0.1) is 13.2 Å². The van der Waals surface area contributed by atoms with Crippen molar-refractivity contribution in [2.75, 3.05) is 14.2 Å². The summed E-state index contributed by atoms with van der Waals surface area (Å²) in [6.07, 6.45) is -5.19. The van der Waals surface area contributed by atoms with Gasteiger partial charge in [-0.2, -0.15) is 4.98 Å². The molecule has 0 aromatic carbocycles. The van der Waals surface area contributed by atoms with Crippen molar-refractivity contribution >= 4 is 5.97 Å². The molecule has 0 aliphatic carbocycles. The van der Waals surface area contributed by atoms with Crippen molar-refractivity contribution in [3.63, 3.8) is 0 Å². The lowest BCUT2D eigenvalue weighted by atomic mass is 10.1. The zero-order valence-electron chi connectivity index (χ0n) is 10.8. The Labute approximate surface area is 112 Å². The molecule has 1 aromatic rings. The standard InChI is InChI=1S/C11H13F3N2O4/c1-18-8-3-6(4-9(17)19-2)7(5-15)10(16-8)20-11(12,13)14/h3H,4-5,15H2,1-2H3. The van der Waals surface area contributed by atoms with Crippen LogP contribution in [0, 0.1) is 0 Å². The summed E-state index contributed by atoms with van der Waals surface area (Å²) >= 11 is 0. The first-order chi connectivity index (χ1) is 9.30. The number of carbonyl (C=O) groups excluding carboxylic acids is 1. The van der Waals surface area contributed by atoms with E-state index in [1.807, 2.05) is 0 Å². The van der Waals surface area contributed by atoms with Crippen LogP contribution in [0.25, 0.3) is 0 Å². The molecule has 0 spiro atoms. The van der Waals surface area contributed by atoms with E-state index >= 15 is 0 Å². The molecule has 0 saturated carbocycles. The smallest absolute Gasteiger partial charge is 0.481 e. The van der Waals surface area contributed by atoms with Crippen LogP contribution in [0.3, 0.4) is 0 Å². The number of hydrogen-bond donors (Lipinski definition) is 1. The summed E-state index contributed by atoms with van der Waals surface area (Å²) in [5.74, 6) is -1.50. The third-order valence-corrected chi connectivity index (χ3v) is 2.34. The van der Waals surface area contributed by atoms with Gasteiger partial charge in [-0.25, -0.2) is 0 Å². The average molecular weight is 294 g/mol. The molecular formula is C11H13F3N2O4. The number of alkyl halides is 3. The minimum absolute atomic E-state index is 0.0338. The van der Waals surface area contributed by atoms with Crippen LogP contribution in [0.1, 0.15) is 11.1 Å². The Hall–Kier alpha value is -2.03. The van der Waals surface area contributed by atoms with Crippen LogP contribution in [0.4, 0.5) is 13.2 Å². The van der Waals surface area contributed by atoms with E-state index in [0.717, 1.165) is 7.11 Å². The molecule has 112 valence electrons. The number of esters is 1. The molecule has 9 heteroatoms. The van der Waals surface area contributed by atoms with E-state index in [2.05, 4.69) is 14.5 Å². The number of nitrogens with zero attached hydrogens (tertiary/aromatic N) is 1. The highest BCUT2D eigenvalue weighted by atomic mass is 19.4. The third-order valence-electron chi connectivity index (χ3n) is 2.34. The Morgan fingerprint density at radius 2 is 2.05 bits per heavy atom. The van der Waals surface area contributed by atoms with E-state index < -0.39 is 18.2 Å². The number of carbonyl (C=O) groups is 1. The molecule has 1 heterocycles. The van der Waals surface area contributed by atoms with Gasteiger partial charge in [-0.1, -0.05) is 0 Å². The van der Waals surface area contributed by atoms with Gasteiger partial charge in [0.15, 0.2) is 0 Å². The zero-order chi connectivity index (χ0) is 15.3. The Bertz CT molecular complexity index is 491. The molecule has 0 unspecified atom stereocenters. The van der Waals surface area contributed by atoms with Crippen LogP contribution in [-0.2, 0) is 22.5 Å². The maximum atomic E-state index is 12.3. The number of halogens is 3. The highest BCUT2D eigenvalue weighted by Gasteiger charge is 2.33. The predicted octanol–water partition coefficient (Wildman–Crippen LogP) is 1.16. The number of rotatable bonds is 5. The summed E-state index contributed by atoms with van der Waals surface area (Å²) in [4.78, 5) is 14.8. The number of methoxy groups -OCH3 is 2. The Kier molecular flexibility index (Phi) is 5.14. The Morgan fingerprint density at radius 3 is 2.50 bits per heavy atom. The van der Waals surface area contributed by atoms with Gasteiger partial charge in [0.1, 0.15) is 0 Å². The van der Waals surface area contributed by atoms with E-state index in [0.29, 0.717) is 0 Å². The first-order valence-corrected chi connectivity index (χ1v) is 5.40. The minimum atomic E-state index is -4.92. The fourth-order valence-corrected chi connectivity index (χ4v) is 1.48. The second-order valence-electron chi connectivity index (χ2n) is 3.61. The van der Waals surface area contributed by atoms with Crippen molar-refractivity contribution < 1.29 is 32.2 Å². The normalized spacial score (nSPS) is 11.1. The van der Waals surface area contributed by atoms with E-state index in [-0.39, 0.29) is 30.0 Å². The van der Waals surface area contributed by atoms with E-state index in [1.54, 1.807) is 0 Å². The summed E-state index contributed by atoms with van der Waals surface area (Å²) in [5.41, 5.74) is 5.56. The lowest BCUT2D eigenvalue weighted by Gasteiger charge is -2.15. The molecule has 0 aliphatic rings. The molecule has 1 rings (SSSR count). The maximum Gasteiger partial charge on any atom is 0.574 e. The zero-order valence-corrected chi connectivity index (χ0v) is 10.8. The minimum Gasteiger partial charge on any atom is -0.481 e. The second kappa shape index (κ2) is 6.42. The monoisotopic (exact) mass is 294 g/mol. The first-order valence-electron chi connectivity index (χ1n) is 5.40. The molecule has 2 N–H and O–H groups in total. The van der Waals surface area contributed by atoms with Gasteiger partial charge in [-0.05, 0) is 5.56 Å². The predicted molar refractivity (Wildman–Crippen MR) is 61.1 cm³/mol.